The van der Waals surface area contributed by atoms with Gasteiger partial charge in [0.2, 0.25) is 5.91 Å². The molecule has 1 atom stereocenters. The molecule has 10 heteroatoms. The van der Waals surface area contributed by atoms with E-state index in [0.717, 1.165) is 12.3 Å². The van der Waals surface area contributed by atoms with Gasteiger partial charge in [0.1, 0.15) is 18.2 Å². The molecular weight excluding hydrogens is 318 g/mol. The molecule has 1 amide bonds. The van der Waals surface area contributed by atoms with Crippen molar-refractivity contribution >= 4 is 5.91 Å². The molecule has 0 unspecified atom stereocenters. The molecule has 0 N–H and O–H groups in total. The molecule has 1 aliphatic rings. The Bertz CT molecular complexity index is 634. The first kappa shape index (κ1) is 16.4. The van der Waals surface area contributed by atoms with Gasteiger partial charge in [-0.15, -0.1) is 0 Å². The summed E-state index contributed by atoms with van der Waals surface area (Å²) in [6, 6.07) is 0.146. The number of pyridine rings is 1. The second-order valence-corrected chi connectivity index (χ2v) is 4.81. The summed E-state index contributed by atoms with van der Waals surface area (Å²) in [4.78, 5) is 24.2. The van der Waals surface area contributed by atoms with Gasteiger partial charge in [-0.05, 0) is 18.6 Å². The summed E-state index contributed by atoms with van der Waals surface area (Å²) in [7, 11) is 0. The third kappa shape index (κ3) is 3.25. The van der Waals surface area contributed by atoms with Gasteiger partial charge in [0, 0.05) is 12.7 Å². The number of carbonyl (C=O) groups is 1. The maximum Gasteiger partial charge on any atom is 0.421 e. The standard InChI is InChI=1S/C12H10F6N2O2/c13-11(14,15)6-19-5-3-8(10(19)22)20-4-1-2-7(9(20)21)12(16,17)18/h1-2,4,8H,3,5-6H2/t8-/m1/s1. The van der Waals surface area contributed by atoms with Crippen LogP contribution < -0.4 is 5.56 Å². The predicted octanol–water partition coefficient (Wildman–Crippen LogP) is 2.20. The average molecular weight is 328 g/mol. The zero-order valence-electron chi connectivity index (χ0n) is 10.9. The van der Waals surface area contributed by atoms with Crippen LogP contribution in [0.5, 0.6) is 0 Å². The minimum atomic E-state index is -4.90. The first-order valence-corrected chi connectivity index (χ1v) is 6.14. The fourth-order valence-electron chi connectivity index (χ4n) is 2.33. The molecule has 1 saturated heterocycles. The van der Waals surface area contributed by atoms with E-state index in [1.165, 1.54) is 0 Å². The summed E-state index contributed by atoms with van der Waals surface area (Å²) in [6.45, 7) is -1.76. The Kier molecular flexibility index (Phi) is 3.96. The van der Waals surface area contributed by atoms with Crippen LogP contribution in [0.1, 0.15) is 18.0 Å². The van der Waals surface area contributed by atoms with Crippen molar-refractivity contribution in [2.24, 2.45) is 0 Å². The second kappa shape index (κ2) is 5.33. The molecule has 0 aromatic carbocycles. The van der Waals surface area contributed by atoms with Crippen molar-refractivity contribution in [3.8, 4) is 0 Å². The van der Waals surface area contributed by atoms with E-state index in [-0.39, 0.29) is 13.0 Å². The molecule has 2 heterocycles. The first-order valence-electron chi connectivity index (χ1n) is 6.14. The predicted molar refractivity (Wildman–Crippen MR) is 62.0 cm³/mol. The van der Waals surface area contributed by atoms with Crippen molar-refractivity contribution in [3.05, 3.63) is 34.2 Å². The van der Waals surface area contributed by atoms with Gasteiger partial charge in [-0.2, -0.15) is 26.3 Å². The minimum Gasteiger partial charge on any atom is -0.332 e. The lowest BCUT2D eigenvalue weighted by Gasteiger charge is -2.19. The normalized spacial score (nSPS) is 19.8. The molecule has 0 radical (unpaired) electrons. The smallest absolute Gasteiger partial charge is 0.332 e. The Morgan fingerprint density at radius 2 is 1.77 bits per heavy atom. The number of amides is 1. The molecule has 1 aromatic heterocycles. The monoisotopic (exact) mass is 328 g/mol. The molecule has 0 saturated carbocycles. The van der Waals surface area contributed by atoms with E-state index in [1.807, 2.05) is 0 Å². The third-order valence-electron chi connectivity index (χ3n) is 3.25. The Hall–Kier alpha value is -2.00. The number of rotatable bonds is 2. The van der Waals surface area contributed by atoms with Crippen LogP contribution in [0.15, 0.2) is 23.1 Å². The fraction of sp³-hybridized carbons (Fsp3) is 0.500. The summed E-state index contributed by atoms with van der Waals surface area (Å²) in [5.41, 5.74) is -2.90. The van der Waals surface area contributed by atoms with E-state index in [1.54, 1.807) is 0 Å². The number of nitrogens with zero attached hydrogens (tertiary/aromatic N) is 2. The Labute approximate surface area is 119 Å². The van der Waals surface area contributed by atoms with Crippen molar-refractivity contribution in [3.63, 3.8) is 0 Å². The van der Waals surface area contributed by atoms with Gasteiger partial charge < -0.3 is 9.47 Å². The lowest BCUT2D eigenvalue weighted by molar-refractivity contribution is -0.158. The molecule has 1 aliphatic heterocycles. The molecule has 4 nitrogen and oxygen atoms in total. The molecule has 0 spiro atoms. The number of likely N-dealkylation sites (tertiary alicyclic amines) is 1. The molecule has 22 heavy (non-hydrogen) atoms. The molecule has 1 aromatic rings. The van der Waals surface area contributed by atoms with Gasteiger partial charge in [0.15, 0.2) is 0 Å². The van der Waals surface area contributed by atoms with Gasteiger partial charge in [0.25, 0.3) is 5.56 Å². The van der Waals surface area contributed by atoms with E-state index in [0.29, 0.717) is 15.5 Å². The molecule has 2 rings (SSSR count). The highest BCUT2D eigenvalue weighted by molar-refractivity contribution is 5.82. The van der Waals surface area contributed by atoms with E-state index >= 15 is 0 Å². The Balaban J connectivity index is 2.31. The lowest BCUT2D eigenvalue weighted by atomic mass is 10.2. The van der Waals surface area contributed by atoms with Crippen LogP contribution in [0.4, 0.5) is 26.3 Å². The highest BCUT2D eigenvalue weighted by Gasteiger charge is 2.41. The largest absolute Gasteiger partial charge is 0.421 e. The minimum absolute atomic E-state index is 0.157. The first-order chi connectivity index (χ1) is 10.0. The van der Waals surface area contributed by atoms with Gasteiger partial charge in [-0.25, -0.2) is 0 Å². The molecule has 0 bridgehead atoms. The van der Waals surface area contributed by atoms with Gasteiger partial charge >= 0.3 is 12.4 Å². The summed E-state index contributed by atoms with van der Waals surface area (Å²) in [6.07, 6.45) is -8.69. The van der Waals surface area contributed by atoms with Crippen LogP contribution in [0, 0.1) is 0 Å². The number of hydrogen-bond donors (Lipinski definition) is 0. The third-order valence-corrected chi connectivity index (χ3v) is 3.25. The van der Waals surface area contributed by atoms with Crippen LogP contribution in [0.2, 0.25) is 0 Å². The van der Waals surface area contributed by atoms with E-state index in [9.17, 15) is 35.9 Å². The number of carbonyl (C=O) groups excluding carboxylic acids is 1. The van der Waals surface area contributed by atoms with Crippen molar-refractivity contribution in [2.45, 2.75) is 24.8 Å². The SMILES string of the molecule is O=C1[C@H](n2cccc(C(F)(F)F)c2=O)CCN1CC(F)(F)F. The maximum atomic E-state index is 12.7. The zero-order chi connectivity index (χ0) is 16.7. The number of alkyl halides is 6. The van der Waals surface area contributed by atoms with Gasteiger partial charge in [0.05, 0.1) is 0 Å². The number of hydrogen-bond acceptors (Lipinski definition) is 2. The molecule has 0 aliphatic carbocycles. The summed E-state index contributed by atoms with van der Waals surface area (Å²) in [5, 5.41) is 0. The van der Waals surface area contributed by atoms with Crippen LogP contribution in [-0.2, 0) is 11.0 Å². The Morgan fingerprint density at radius 1 is 1.14 bits per heavy atom. The zero-order valence-corrected chi connectivity index (χ0v) is 10.9. The molecule has 1 fully saturated rings. The topological polar surface area (TPSA) is 42.3 Å². The average Bonchev–Trinajstić information content (AvgIpc) is 2.68. The van der Waals surface area contributed by atoms with Crippen LogP contribution in [-0.4, -0.2) is 34.6 Å². The van der Waals surface area contributed by atoms with E-state index in [2.05, 4.69) is 0 Å². The van der Waals surface area contributed by atoms with Crippen LogP contribution in [0.3, 0.4) is 0 Å². The van der Waals surface area contributed by atoms with Crippen molar-refractivity contribution in [2.75, 3.05) is 13.1 Å². The summed E-state index contributed by atoms with van der Waals surface area (Å²) in [5.74, 6) is -1.02. The highest BCUT2D eigenvalue weighted by Crippen LogP contribution is 2.29. The van der Waals surface area contributed by atoms with E-state index in [4.69, 9.17) is 0 Å². The molecule has 122 valence electrons. The van der Waals surface area contributed by atoms with E-state index < -0.39 is 42.0 Å². The maximum absolute atomic E-state index is 12.7. The van der Waals surface area contributed by atoms with Gasteiger partial charge in [-0.1, -0.05) is 0 Å². The highest BCUT2D eigenvalue weighted by atomic mass is 19.4. The van der Waals surface area contributed by atoms with Gasteiger partial charge in [-0.3, -0.25) is 9.59 Å². The lowest BCUT2D eigenvalue weighted by Crippen LogP contribution is -2.39. The second-order valence-electron chi connectivity index (χ2n) is 4.81. The van der Waals surface area contributed by atoms with Crippen molar-refractivity contribution < 1.29 is 31.1 Å². The van der Waals surface area contributed by atoms with Crippen molar-refractivity contribution in [1.29, 1.82) is 0 Å². The number of halogens is 6. The summed E-state index contributed by atoms with van der Waals surface area (Å²) < 4.78 is 75.4. The molecular formula is C12H10F6N2O2. The fourth-order valence-corrected chi connectivity index (χ4v) is 2.33. The number of aromatic nitrogens is 1. The van der Waals surface area contributed by atoms with Crippen LogP contribution in [0.25, 0.3) is 0 Å². The Morgan fingerprint density at radius 3 is 2.32 bits per heavy atom. The van der Waals surface area contributed by atoms with Crippen molar-refractivity contribution in [1.82, 2.24) is 9.47 Å². The quantitative estimate of drug-likeness (QED) is 0.781. The van der Waals surface area contributed by atoms with Crippen LogP contribution >= 0.6 is 0 Å². The summed E-state index contributed by atoms with van der Waals surface area (Å²) >= 11 is 0.